The van der Waals surface area contributed by atoms with Crippen molar-refractivity contribution in [3.8, 4) is 11.5 Å². The van der Waals surface area contributed by atoms with E-state index >= 15 is 0 Å². The number of ether oxygens (including phenoxy) is 2. The molecule has 3 rings (SSSR count). The number of nitro groups is 1. The van der Waals surface area contributed by atoms with E-state index in [0.29, 0.717) is 11.2 Å². The largest absolute Gasteiger partial charge is 0.493 e. The smallest absolute Gasteiger partial charge is 0.286 e. The molecule has 0 bridgehead atoms. The average molecular weight is 477 g/mol. The van der Waals surface area contributed by atoms with Crippen LogP contribution in [0.4, 0.5) is 15.2 Å². The Hall–Kier alpha value is -3.31. The first-order chi connectivity index (χ1) is 15.8. The summed E-state index contributed by atoms with van der Waals surface area (Å²) in [7, 11) is 2.74. The van der Waals surface area contributed by atoms with Crippen LogP contribution in [-0.2, 0) is 0 Å². The van der Waals surface area contributed by atoms with Crippen LogP contribution >= 0.6 is 11.3 Å². The minimum Gasteiger partial charge on any atom is -0.493 e. The first kappa shape index (κ1) is 24.3. The Morgan fingerprint density at radius 3 is 2.39 bits per heavy atom. The maximum atomic E-state index is 14.3. The van der Waals surface area contributed by atoms with Crippen LogP contribution in [0.3, 0.4) is 0 Å². The fourth-order valence-electron chi connectivity index (χ4n) is 3.42. The average Bonchev–Trinajstić information content (AvgIpc) is 3.25. The number of para-hydroxylation sites is 1. The molecule has 0 unspecified atom stereocenters. The molecule has 0 aliphatic carbocycles. The number of carbonyl (C=O) groups is 1. The number of benzene rings is 2. The quantitative estimate of drug-likeness (QED) is 0.317. The van der Waals surface area contributed by atoms with Gasteiger partial charge in [0.15, 0.2) is 16.6 Å². The van der Waals surface area contributed by atoms with Gasteiger partial charge in [-0.05, 0) is 25.2 Å². The number of carbonyl (C=O) groups excluding carboxylic acids is 1. The Bertz CT molecular complexity index is 1170. The van der Waals surface area contributed by atoms with Crippen molar-refractivity contribution in [1.82, 2.24) is 9.88 Å². The van der Waals surface area contributed by atoms with Crippen LogP contribution in [0.1, 0.15) is 24.2 Å². The van der Waals surface area contributed by atoms with Gasteiger partial charge in [-0.2, -0.15) is 0 Å². The topological polar surface area (TPSA) is 98.0 Å². The fraction of sp³-hybridized carbons (Fsp3) is 0.364. The minimum atomic E-state index is -0.643. The predicted octanol–water partition coefficient (Wildman–Crippen LogP) is 4.35. The zero-order valence-corrected chi connectivity index (χ0v) is 19.6. The lowest BCUT2D eigenvalue weighted by molar-refractivity contribution is -0.385. The van der Waals surface area contributed by atoms with Crippen molar-refractivity contribution in [1.29, 1.82) is 0 Å². The molecule has 1 aromatic heterocycles. The van der Waals surface area contributed by atoms with Crippen molar-refractivity contribution < 1.29 is 23.6 Å². The maximum Gasteiger partial charge on any atom is 0.286 e. The number of thiazole rings is 1. The highest BCUT2D eigenvalue weighted by atomic mass is 32.1. The summed E-state index contributed by atoms with van der Waals surface area (Å²) in [5.41, 5.74) is -0.436. The van der Waals surface area contributed by atoms with Gasteiger partial charge >= 0.3 is 0 Å². The summed E-state index contributed by atoms with van der Waals surface area (Å²) in [5.74, 6) is -0.805. The molecule has 0 atom stereocenters. The third-order valence-electron chi connectivity index (χ3n) is 5.30. The number of likely N-dealkylation sites (N-methyl/N-ethyl adjacent to an activating group) is 1. The van der Waals surface area contributed by atoms with Crippen molar-refractivity contribution in [2.24, 2.45) is 0 Å². The molecule has 176 valence electrons. The highest BCUT2D eigenvalue weighted by Crippen LogP contribution is 2.37. The fourth-order valence-corrected chi connectivity index (χ4v) is 4.42. The SMILES string of the molecule is CCN(CC)CCN(C(=O)c1cc(OC)c(OC)cc1[N+](=O)[O-])c1nc2c(F)cccc2s1. The van der Waals surface area contributed by atoms with Crippen LogP contribution in [0, 0.1) is 15.9 Å². The first-order valence-electron chi connectivity index (χ1n) is 10.3. The second-order valence-electron chi connectivity index (χ2n) is 7.05. The van der Waals surface area contributed by atoms with Crippen LogP contribution < -0.4 is 14.4 Å². The van der Waals surface area contributed by atoms with Gasteiger partial charge < -0.3 is 14.4 Å². The van der Waals surface area contributed by atoms with Crippen LogP contribution in [0.15, 0.2) is 30.3 Å². The highest BCUT2D eigenvalue weighted by molar-refractivity contribution is 7.22. The summed E-state index contributed by atoms with van der Waals surface area (Å²) in [6.07, 6.45) is 0. The van der Waals surface area contributed by atoms with Crippen molar-refractivity contribution in [3.05, 3.63) is 51.8 Å². The lowest BCUT2D eigenvalue weighted by atomic mass is 10.1. The van der Waals surface area contributed by atoms with Crippen molar-refractivity contribution >= 4 is 38.3 Å². The zero-order valence-electron chi connectivity index (χ0n) is 18.8. The van der Waals surface area contributed by atoms with Crippen molar-refractivity contribution in [2.75, 3.05) is 45.3 Å². The Kier molecular flexibility index (Phi) is 7.77. The number of nitro benzene ring substituents is 1. The molecule has 3 aromatic rings. The molecule has 9 nitrogen and oxygen atoms in total. The van der Waals surface area contributed by atoms with Crippen molar-refractivity contribution in [2.45, 2.75) is 13.8 Å². The number of amides is 1. The summed E-state index contributed by atoms with van der Waals surface area (Å²) in [6.45, 7) is 6.27. The summed E-state index contributed by atoms with van der Waals surface area (Å²) < 4.78 is 25.3. The van der Waals surface area contributed by atoms with E-state index in [1.54, 1.807) is 12.1 Å². The number of halogens is 1. The zero-order chi connectivity index (χ0) is 24.1. The number of hydrogen-bond donors (Lipinski definition) is 0. The number of hydrogen-bond acceptors (Lipinski definition) is 8. The summed E-state index contributed by atoms with van der Waals surface area (Å²) in [4.78, 5) is 32.6. The Balaban J connectivity index is 2.12. The van der Waals surface area contributed by atoms with Gasteiger partial charge in [-0.25, -0.2) is 9.37 Å². The summed E-state index contributed by atoms with van der Waals surface area (Å²) in [6, 6.07) is 7.03. The number of anilines is 1. The molecule has 2 aromatic carbocycles. The molecule has 0 aliphatic rings. The molecule has 0 saturated heterocycles. The highest BCUT2D eigenvalue weighted by Gasteiger charge is 2.30. The molecule has 0 aliphatic heterocycles. The molecule has 0 N–H and O–H groups in total. The molecule has 0 fully saturated rings. The second-order valence-corrected chi connectivity index (χ2v) is 8.06. The monoisotopic (exact) mass is 476 g/mol. The summed E-state index contributed by atoms with van der Waals surface area (Å²) >= 11 is 1.15. The van der Waals surface area contributed by atoms with Gasteiger partial charge in [0.2, 0.25) is 0 Å². The lowest BCUT2D eigenvalue weighted by Gasteiger charge is -2.25. The third-order valence-corrected chi connectivity index (χ3v) is 6.34. The Morgan fingerprint density at radius 1 is 1.15 bits per heavy atom. The molecule has 0 radical (unpaired) electrons. The van der Waals surface area contributed by atoms with Gasteiger partial charge in [0.25, 0.3) is 11.6 Å². The standard InChI is InChI=1S/C22H25FN4O5S/c1-5-25(6-2)10-11-26(22-24-20-15(23)8-7-9-19(20)33-22)21(28)14-12-17(31-3)18(32-4)13-16(14)27(29)30/h7-9,12-13H,5-6,10-11H2,1-4H3. The Labute approximate surface area is 194 Å². The normalized spacial score (nSPS) is 11.1. The molecule has 0 saturated carbocycles. The van der Waals surface area contributed by atoms with Gasteiger partial charge in [-0.1, -0.05) is 31.3 Å². The molecule has 1 amide bonds. The molecular formula is C22H25FN4O5S. The summed E-state index contributed by atoms with van der Waals surface area (Å²) in [5, 5.41) is 12.0. The van der Waals surface area contributed by atoms with E-state index in [4.69, 9.17) is 9.47 Å². The molecule has 0 spiro atoms. The van der Waals surface area contributed by atoms with Crippen LogP contribution in [0.5, 0.6) is 11.5 Å². The van der Waals surface area contributed by atoms with Crippen LogP contribution in [-0.4, -0.2) is 61.1 Å². The van der Waals surface area contributed by atoms with E-state index in [-0.39, 0.29) is 34.3 Å². The number of rotatable bonds is 10. The van der Waals surface area contributed by atoms with Crippen molar-refractivity contribution in [3.63, 3.8) is 0 Å². The van der Waals surface area contributed by atoms with E-state index in [1.807, 2.05) is 13.8 Å². The van der Waals surface area contributed by atoms with E-state index in [0.717, 1.165) is 30.5 Å². The van der Waals surface area contributed by atoms with Gasteiger partial charge in [0.1, 0.15) is 16.9 Å². The van der Waals surface area contributed by atoms with Gasteiger partial charge in [0, 0.05) is 19.2 Å². The molecule has 1 heterocycles. The van der Waals surface area contributed by atoms with Gasteiger partial charge in [-0.15, -0.1) is 0 Å². The number of fused-ring (bicyclic) bond motifs is 1. The number of methoxy groups -OCH3 is 2. The lowest BCUT2D eigenvalue weighted by Crippen LogP contribution is -2.39. The second kappa shape index (κ2) is 10.5. The van der Waals surface area contributed by atoms with Gasteiger partial charge in [-0.3, -0.25) is 19.8 Å². The first-order valence-corrected chi connectivity index (χ1v) is 11.2. The van der Waals surface area contributed by atoms with E-state index in [1.165, 1.54) is 31.3 Å². The molecule has 11 heteroatoms. The van der Waals surface area contributed by atoms with Crippen LogP contribution in [0.25, 0.3) is 10.2 Å². The van der Waals surface area contributed by atoms with Crippen LogP contribution in [0.2, 0.25) is 0 Å². The molecule has 33 heavy (non-hydrogen) atoms. The maximum absolute atomic E-state index is 14.3. The van der Waals surface area contributed by atoms with E-state index < -0.39 is 22.3 Å². The third kappa shape index (κ3) is 5.04. The van der Waals surface area contributed by atoms with Gasteiger partial charge in [0.05, 0.1) is 29.9 Å². The minimum absolute atomic E-state index is 0.137. The predicted molar refractivity (Wildman–Crippen MR) is 125 cm³/mol. The number of nitrogens with zero attached hydrogens (tertiary/aromatic N) is 4. The molecular weight excluding hydrogens is 451 g/mol. The van der Waals surface area contributed by atoms with E-state index in [2.05, 4.69) is 9.88 Å². The number of aromatic nitrogens is 1. The van der Waals surface area contributed by atoms with E-state index in [9.17, 15) is 19.3 Å². The Morgan fingerprint density at radius 2 is 1.82 bits per heavy atom.